The molecule has 0 radical (unpaired) electrons. The highest BCUT2D eigenvalue weighted by Gasteiger charge is 2.07. The summed E-state index contributed by atoms with van der Waals surface area (Å²) in [4.78, 5) is 0. The summed E-state index contributed by atoms with van der Waals surface area (Å²) in [6.07, 6.45) is 0. The first-order valence-electron chi connectivity index (χ1n) is 5.64. The van der Waals surface area contributed by atoms with Crippen LogP contribution >= 0.6 is 0 Å². The topological polar surface area (TPSA) is 17.8 Å². The maximum absolute atomic E-state index is 4.56. The Balaban J connectivity index is 2.34. The van der Waals surface area contributed by atoms with Gasteiger partial charge in [-0.25, -0.2) is 0 Å². The zero-order valence-corrected chi connectivity index (χ0v) is 10.4. The normalized spacial score (nSPS) is 10.8. The minimum Gasteiger partial charge on any atom is -0.265 e. The van der Waals surface area contributed by atoms with Crippen LogP contribution in [0.15, 0.2) is 24.3 Å². The Labute approximate surface area is 96.9 Å². The molecule has 0 spiro atoms. The van der Waals surface area contributed by atoms with E-state index in [2.05, 4.69) is 61.7 Å². The van der Waals surface area contributed by atoms with Gasteiger partial charge in [-0.3, -0.25) is 4.68 Å². The lowest BCUT2D eigenvalue weighted by Gasteiger charge is -2.07. The first-order chi connectivity index (χ1) is 7.59. The highest BCUT2D eigenvalue weighted by Crippen LogP contribution is 2.14. The first-order valence-corrected chi connectivity index (χ1v) is 5.64. The molecule has 2 heteroatoms. The van der Waals surface area contributed by atoms with Gasteiger partial charge in [0.05, 0.1) is 12.2 Å². The standard InChI is InChI=1S/C14H18N2/c1-10-7-5-6-8-14(10)9-16-13(4)11(2)12(3)15-16/h5-8H,9H2,1-4H3. The van der Waals surface area contributed by atoms with Crippen molar-refractivity contribution < 1.29 is 0 Å². The molecule has 16 heavy (non-hydrogen) atoms. The van der Waals surface area contributed by atoms with Gasteiger partial charge in [0.15, 0.2) is 0 Å². The van der Waals surface area contributed by atoms with Gasteiger partial charge in [0, 0.05) is 5.69 Å². The van der Waals surface area contributed by atoms with Gasteiger partial charge < -0.3 is 0 Å². The monoisotopic (exact) mass is 214 g/mol. The van der Waals surface area contributed by atoms with Gasteiger partial charge in [0.25, 0.3) is 0 Å². The highest BCUT2D eigenvalue weighted by molar-refractivity contribution is 5.28. The lowest BCUT2D eigenvalue weighted by Crippen LogP contribution is -2.05. The number of aryl methyl sites for hydroxylation is 2. The van der Waals surface area contributed by atoms with Crippen LogP contribution in [0.1, 0.15) is 28.1 Å². The minimum atomic E-state index is 0.868. The largest absolute Gasteiger partial charge is 0.265 e. The SMILES string of the molecule is Cc1ccccc1Cn1nc(C)c(C)c1C. The van der Waals surface area contributed by atoms with E-state index < -0.39 is 0 Å². The van der Waals surface area contributed by atoms with Gasteiger partial charge in [0.2, 0.25) is 0 Å². The average Bonchev–Trinajstić information content (AvgIpc) is 2.50. The summed E-state index contributed by atoms with van der Waals surface area (Å²) in [6.45, 7) is 9.34. The summed E-state index contributed by atoms with van der Waals surface area (Å²) in [5, 5.41) is 4.56. The van der Waals surface area contributed by atoms with Crippen molar-refractivity contribution in [1.29, 1.82) is 0 Å². The van der Waals surface area contributed by atoms with Crippen molar-refractivity contribution in [2.75, 3.05) is 0 Å². The van der Waals surface area contributed by atoms with Crippen LogP contribution in [0.25, 0.3) is 0 Å². The third kappa shape index (κ3) is 1.87. The van der Waals surface area contributed by atoms with Crippen molar-refractivity contribution in [1.82, 2.24) is 9.78 Å². The summed E-state index contributed by atoms with van der Waals surface area (Å²) < 4.78 is 2.09. The Morgan fingerprint density at radius 3 is 2.31 bits per heavy atom. The molecule has 0 unspecified atom stereocenters. The second-order valence-corrected chi connectivity index (χ2v) is 4.38. The van der Waals surface area contributed by atoms with E-state index in [1.807, 2.05) is 0 Å². The van der Waals surface area contributed by atoms with Crippen molar-refractivity contribution in [3.8, 4) is 0 Å². The second-order valence-electron chi connectivity index (χ2n) is 4.38. The summed E-state index contributed by atoms with van der Waals surface area (Å²) in [5.74, 6) is 0. The van der Waals surface area contributed by atoms with Gasteiger partial charge >= 0.3 is 0 Å². The van der Waals surface area contributed by atoms with E-state index in [4.69, 9.17) is 0 Å². The van der Waals surface area contributed by atoms with Crippen LogP contribution in [0.4, 0.5) is 0 Å². The molecule has 1 heterocycles. The third-order valence-corrected chi connectivity index (χ3v) is 3.32. The molecule has 0 bridgehead atoms. The van der Waals surface area contributed by atoms with E-state index in [1.54, 1.807) is 0 Å². The predicted molar refractivity (Wildman–Crippen MR) is 66.7 cm³/mol. The third-order valence-electron chi connectivity index (χ3n) is 3.32. The fourth-order valence-electron chi connectivity index (χ4n) is 1.89. The molecule has 1 aromatic heterocycles. The van der Waals surface area contributed by atoms with Gasteiger partial charge in [-0.05, 0) is 44.4 Å². The lowest BCUT2D eigenvalue weighted by atomic mass is 10.1. The van der Waals surface area contributed by atoms with Crippen LogP contribution in [0.5, 0.6) is 0 Å². The van der Waals surface area contributed by atoms with Crippen LogP contribution in [-0.2, 0) is 6.54 Å². The Bertz CT molecular complexity index is 509. The van der Waals surface area contributed by atoms with Crippen LogP contribution in [0.3, 0.4) is 0 Å². The molecule has 84 valence electrons. The minimum absolute atomic E-state index is 0.868. The molecule has 0 saturated carbocycles. The number of hydrogen-bond donors (Lipinski definition) is 0. The summed E-state index contributed by atoms with van der Waals surface area (Å²) in [7, 11) is 0. The molecule has 0 aliphatic heterocycles. The molecule has 0 amide bonds. The fraction of sp³-hybridized carbons (Fsp3) is 0.357. The molecule has 1 aromatic carbocycles. The maximum Gasteiger partial charge on any atom is 0.0665 e. The average molecular weight is 214 g/mol. The van der Waals surface area contributed by atoms with Gasteiger partial charge in [-0.2, -0.15) is 5.10 Å². The quantitative estimate of drug-likeness (QED) is 0.751. The molecule has 2 aromatic rings. The number of benzene rings is 1. The van der Waals surface area contributed by atoms with Gasteiger partial charge in [-0.15, -0.1) is 0 Å². The fourth-order valence-corrected chi connectivity index (χ4v) is 1.89. The smallest absolute Gasteiger partial charge is 0.0665 e. The Kier molecular flexibility index (Phi) is 2.82. The molecule has 0 aliphatic carbocycles. The van der Waals surface area contributed by atoms with Crippen molar-refractivity contribution in [3.63, 3.8) is 0 Å². The Hall–Kier alpha value is -1.57. The summed E-state index contributed by atoms with van der Waals surface area (Å²) in [6, 6.07) is 8.47. The number of nitrogens with zero attached hydrogens (tertiary/aromatic N) is 2. The van der Waals surface area contributed by atoms with E-state index in [-0.39, 0.29) is 0 Å². The molecule has 0 N–H and O–H groups in total. The van der Waals surface area contributed by atoms with E-state index in [9.17, 15) is 0 Å². The van der Waals surface area contributed by atoms with Crippen LogP contribution in [-0.4, -0.2) is 9.78 Å². The van der Waals surface area contributed by atoms with Crippen LogP contribution in [0.2, 0.25) is 0 Å². The lowest BCUT2D eigenvalue weighted by molar-refractivity contribution is 0.656. The van der Waals surface area contributed by atoms with E-state index >= 15 is 0 Å². The number of aromatic nitrogens is 2. The summed E-state index contributed by atoms with van der Waals surface area (Å²) >= 11 is 0. The molecule has 0 saturated heterocycles. The van der Waals surface area contributed by atoms with Crippen molar-refractivity contribution in [3.05, 3.63) is 52.3 Å². The van der Waals surface area contributed by atoms with E-state index in [0.29, 0.717) is 0 Å². The number of rotatable bonds is 2. The van der Waals surface area contributed by atoms with Gasteiger partial charge in [-0.1, -0.05) is 24.3 Å². The molecule has 0 aliphatic rings. The van der Waals surface area contributed by atoms with Crippen LogP contribution in [0, 0.1) is 27.7 Å². The zero-order chi connectivity index (χ0) is 11.7. The second kappa shape index (κ2) is 4.12. The van der Waals surface area contributed by atoms with E-state index in [1.165, 1.54) is 22.4 Å². The molecular weight excluding hydrogens is 196 g/mol. The molecule has 0 fully saturated rings. The zero-order valence-electron chi connectivity index (χ0n) is 10.4. The Morgan fingerprint density at radius 2 is 1.75 bits per heavy atom. The van der Waals surface area contributed by atoms with Crippen LogP contribution < -0.4 is 0 Å². The molecule has 2 rings (SSSR count). The van der Waals surface area contributed by atoms with Gasteiger partial charge in [0.1, 0.15) is 0 Å². The Morgan fingerprint density at radius 1 is 1.06 bits per heavy atom. The maximum atomic E-state index is 4.56. The van der Waals surface area contributed by atoms with E-state index in [0.717, 1.165) is 12.2 Å². The van der Waals surface area contributed by atoms with Crippen molar-refractivity contribution in [2.24, 2.45) is 0 Å². The molecular formula is C14H18N2. The highest BCUT2D eigenvalue weighted by atomic mass is 15.3. The first kappa shape index (κ1) is 10.9. The number of hydrogen-bond acceptors (Lipinski definition) is 1. The molecule has 2 nitrogen and oxygen atoms in total. The predicted octanol–water partition coefficient (Wildman–Crippen LogP) is 3.17. The molecule has 0 atom stereocenters. The van der Waals surface area contributed by atoms with Crippen molar-refractivity contribution in [2.45, 2.75) is 34.2 Å². The summed E-state index contributed by atoms with van der Waals surface area (Å²) in [5.41, 5.74) is 6.36. The van der Waals surface area contributed by atoms with Crippen molar-refractivity contribution >= 4 is 0 Å².